The highest BCUT2D eigenvalue weighted by Crippen LogP contribution is 2.06. The van der Waals surface area contributed by atoms with Gasteiger partial charge in [0.1, 0.15) is 5.82 Å². The highest BCUT2D eigenvalue weighted by atomic mass is 16.3. The van der Waals surface area contributed by atoms with Crippen molar-refractivity contribution in [1.82, 2.24) is 15.3 Å². The molecule has 0 aromatic carbocycles. The Morgan fingerprint density at radius 2 is 2.40 bits per heavy atom. The smallest absolute Gasteiger partial charge is 0.103 e. The second-order valence-electron chi connectivity index (χ2n) is 3.91. The van der Waals surface area contributed by atoms with E-state index in [1.165, 1.54) is 0 Å². The van der Waals surface area contributed by atoms with E-state index in [9.17, 15) is 0 Å². The summed E-state index contributed by atoms with van der Waals surface area (Å²) in [5.41, 5.74) is 1.12. The van der Waals surface area contributed by atoms with E-state index in [0.29, 0.717) is 5.92 Å². The van der Waals surface area contributed by atoms with Crippen molar-refractivity contribution in [3.63, 3.8) is 0 Å². The number of imidazole rings is 1. The van der Waals surface area contributed by atoms with Crippen LogP contribution in [-0.4, -0.2) is 28.2 Å². The van der Waals surface area contributed by atoms with E-state index < -0.39 is 0 Å². The lowest BCUT2D eigenvalue weighted by Gasteiger charge is -2.13. The summed E-state index contributed by atoms with van der Waals surface area (Å²) in [5, 5.41) is 12.2. The van der Waals surface area contributed by atoms with Gasteiger partial charge in [-0.25, -0.2) is 4.98 Å². The maximum absolute atomic E-state index is 8.84. The van der Waals surface area contributed by atoms with E-state index in [-0.39, 0.29) is 6.61 Å². The van der Waals surface area contributed by atoms with Gasteiger partial charge in [-0.15, -0.1) is 0 Å². The Balaban J connectivity index is 2.20. The summed E-state index contributed by atoms with van der Waals surface area (Å²) in [4.78, 5) is 7.31. The van der Waals surface area contributed by atoms with Crippen LogP contribution >= 0.6 is 0 Å². The molecule has 4 nitrogen and oxygen atoms in total. The third-order valence-corrected chi connectivity index (χ3v) is 2.62. The molecule has 15 heavy (non-hydrogen) atoms. The SMILES string of the molecule is CCC(CCO)CNCc1cnc(C)[nH]1. The number of aryl methyl sites for hydroxylation is 1. The van der Waals surface area contributed by atoms with Crippen LogP contribution in [0.15, 0.2) is 6.20 Å². The number of aliphatic hydroxyl groups excluding tert-OH is 1. The number of hydrogen-bond donors (Lipinski definition) is 3. The number of hydrogen-bond acceptors (Lipinski definition) is 3. The van der Waals surface area contributed by atoms with Gasteiger partial charge in [0.2, 0.25) is 0 Å². The molecule has 1 aromatic rings. The van der Waals surface area contributed by atoms with Crippen LogP contribution in [0.25, 0.3) is 0 Å². The maximum atomic E-state index is 8.84. The molecular weight excluding hydrogens is 190 g/mol. The molecule has 1 rings (SSSR count). The van der Waals surface area contributed by atoms with E-state index in [1.807, 2.05) is 13.1 Å². The minimum atomic E-state index is 0.281. The molecule has 0 saturated heterocycles. The van der Waals surface area contributed by atoms with Crippen LogP contribution in [0.2, 0.25) is 0 Å². The van der Waals surface area contributed by atoms with E-state index in [0.717, 1.165) is 37.4 Å². The second kappa shape index (κ2) is 6.58. The number of nitrogens with one attached hydrogen (secondary N) is 2. The van der Waals surface area contributed by atoms with E-state index in [1.54, 1.807) is 0 Å². The monoisotopic (exact) mass is 211 g/mol. The topological polar surface area (TPSA) is 60.9 Å². The Morgan fingerprint density at radius 1 is 1.60 bits per heavy atom. The first-order valence-electron chi connectivity index (χ1n) is 5.58. The fourth-order valence-electron chi connectivity index (χ4n) is 1.61. The summed E-state index contributed by atoms with van der Waals surface area (Å²) in [6, 6.07) is 0. The highest BCUT2D eigenvalue weighted by Gasteiger charge is 2.05. The zero-order valence-electron chi connectivity index (χ0n) is 9.58. The van der Waals surface area contributed by atoms with E-state index >= 15 is 0 Å². The first-order chi connectivity index (χ1) is 7.26. The highest BCUT2D eigenvalue weighted by molar-refractivity contribution is 4.99. The summed E-state index contributed by atoms with van der Waals surface area (Å²) in [6.07, 6.45) is 3.84. The zero-order chi connectivity index (χ0) is 11.1. The number of H-pyrrole nitrogens is 1. The molecule has 0 radical (unpaired) electrons. The number of aromatic nitrogens is 2. The molecule has 1 aromatic heterocycles. The lowest BCUT2D eigenvalue weighted by atomic mass is 10.0. The lowest BCUT2D eigenvalue weighted by molar-refractivity contribution is 0.251. The van der Waals surface area contributed by atoms with Gasteiger partial charge in [-0.05, 0) is 25.8 Å². The molecular formula is C11H21N3O. The summed E-state index contributed by atoms with van der Waals surface area (Å²) in [5.74, 6) is 1.52. The van der Waals surface area contributed by atoms with Gasteiger partial charge in [-0.2, -0.15) is 0 Å². The summed E-state index contributed by atoms with van der Waals surface area (Å²) in [6.45, 7) is 6.16. The molecule has 0 saturated carbocycles. The van der Waals surface area contributed by atoms with Crippen molar-refractivity contribution in [2.75, 3.05) is 13.2 Å². The third-order valence-electron chi connectivity index (χ3n) is 2.62. The van der Waals surface area contributed by atoms with Crippen molar-refractivity contribution in [3.05, 3.63) is 17.7 Å². The molecule has 0 fully saturated rings. The fraction of sp³-hybridized carbons (Fsp3) is 0.727. The van der Waals surface area contributed by atoms with Gasteiger partial charge in [0, 0.05) is 25.0 Å². The van der Waals surface area contributed by atoms with Gasteiger partial charge in [-0.3, -0.25) is 0 Å². The minimum Gasteiger partial charge on any atom is -0.396 e. The summed E-state index contributed by atoms with van der Waals surface area (Å²) < 4.78 is 0. The molecule has 86 valence electrons. The van der Waals surface area contributed by atoms with Gasteiger partial charge >= 0.3 is 0 Å². The van der Waals surface area contributed by atoms with Crippen LogP contribution in [0.4, 0.5) is 0 Å². The number of aliphatic hydroxyl groups is 1. The van der Waals surface area contributed by atoms with Crippen LogP contribution in [0.3, 0.4) is 0 Å². The minimum absolute atomic E-state index is 0.281. The summed E-state index contributed by atoms with van der Waals surface area (Å²) >= 11 is 0. The van der Waals surface area contributed by atoms with E-state index in [2.05, 4.69) is 22.2 Å². The van der Waals surface area contributed by atoms with Crippen LogP contribution in [-0.2, 0) is 6.54 Å². The Bertz CT molecular complexity index is 273. The Hall–Kier alpha value is -0.870. The first kappa shape index (κ1) is 12.2. The van der Waals surface area contributed by atoms with Crippen LogP contribution in [0.5, 0.6) is 0 Å². The van der Waals surface area contributed by atoms with Crippen molar-refractivity contribution in [3.8, 4) is 0 Å². The lowest BCUT2D eigenvalue weighted by Crippen LogP contribution is -2.23. The zero-order valence-corrected chi connectivity index (χ0v) is 9.58. The Morgan fingerprint density at radius 3 is 2.93 bits per heavy atom. The quantitative estimate of drug-likeness (QED) is 0.635. The van der Waals surface area contributed by atoms with Crippen LogP contribution < -0.4 is 5.32 Å². The van der Waals surface area contributed by atoms with Crippen molar-refractivity contribution in [2.45, 2.75) is 33.2 Å². The van der Waals surface area contributed by atoms with Gasteiger partial charge in [-0.1, -0.05) is 13.3 Å². The summed E-state index contributed by atoms with van der Waals surface area (Å²) in [7, 11) is 0. The molecule has 0 aliphatic rings. The molecule has 1 atom stereocenters. The average Bonchev–Trinajstić information content (AvgIpc) is 2.63. The normalized spacial score (nSPS) is 13.0. The molecule has 3 N–H and O–H groups in total. The van der Waals surface area contributed by atoms with Crippen molar-refractivity contribution >= 4 is 0 Å². The number of aromatic amines is 1. The van der Waals surface area contributed by atoms with Gasteiger partial charge in [0.05, 0.1) is 0 Å². The molecule has 0 bridgehead atoms. The van der Waals surface area contributed by atoms with Gasteiger partial charge in [0.15, 0.2) is 0 Å². The third kappa shape index (κ3) is 4.44. The van der Waals surface area contributed by atoms with Crippen LogP contribution in [0.1, 0.15) is 31.3 Å². The molecule has 1 unspecified atom stereocenters. The molecule has 1 heterocycles. The first-order valence-corrected chi connectivity index (χ1v) is 5.58. The van der Waals surface area contributed by atoms with Gasteiger partial charge in [0.25, 0.3) is 0 Å². The number of nitrogens with zero attached hydrogens (tertiary/aromatic N) is 1. The largest absolute Gasteiger partial charge is 0.396 e. The number of rotatable bonds is 7. The second-order valence-corrected chi connectivity index (χ2v) is 3.91. The standard InChI is InChI=1S/C11H21N3O/c1-3-10(4-5-15)6-12-7-11-8-13-9(2)14-11/h8,10,12,15H,3-7H2,1-2H3,(H,13,14). The molecule has 0 spiro atoms. The Kier molecular flexibility index (Phi) is 5.36. The predicted molar refractivity (Wildman–Crippen MR) is 60.5 cm³/mol. The predicted octanol–water partition coefficient (Wildman–Crippen LogP) is 1.22. The van der Waals surface area contributed by atoms with Crippen molar-refractivity contribution in [1.29, 1.82) is 0 Å². The fourth-order valence-corrected chi connectivity index (χ4v) is 1.61. The van der Waals surface area contributed by atoms with E-state index in [4.69, 9.17) is 5.11 Å². The Labute approximate surface area is 91.1 Å². The molecule has 0 aliphatic heterocycles. The van der Waals surface area contributed by atoms with Crippen LogP contribution in [0, 0.1) is 12.8 Å². The van der Waals surface area contributed by atoms with Crippen molar-refractivity contribution in [2.24, 2.45) is 5.92 Å². The molecule has 4 heteroatoms. The maximum Gasteiger partial charge on any atom is 0.103 e. The molecule has 0 amide bonds. The van der Waals surface area contributed by atoms with Gasteiger partial charge < -0.3 is 15.4 Å². The van der Waals surface area contributed by atoms with Crippen molar-refractivity contribution < 1.29 is 5.11 Å². The average molecular weight is 211 g/mol. The molecule has 0 aliphatic carbocycles.